The van der Waals surface area contributed by atoms with Crippen molar-refractivity contribution in [2.75, 3.05) is 12.4 Å². The van der Waals surface area contributed by atoms with Gasteiger partial charge < -0.3 is 14.5 Å². The molecule has 0 radical (unpaired) electrons. The monoisotopic (exact) mass is 384 g/mol. The molecule has 0 fully saturated rings. The molecule has 7 heteroatoms. The molecule has 4 aromatic heterocycles. The van der Waals surface area contributed by atoms with Crippen molar-refractivity contribution in [3.63, 3.8) is 0 Å². The summed E-state index contributed by atoms with van der Waals surface area (Å²) in [7, 11) is 1.55. The maximum absolute atomic E-state index is 13.3. The molecule has 0 saturated carbocycles. The number of nitrogens with zero attached hydrogens (tertiary/aromatic N) is 3. The number of anilines is 2. The molecule has 1 aromatic carbocycles. The normalized spacial score (nSPS) is 11.1. The third-order valence-electron chi connectivity index (χ3n) is 4.67. The van der Waals surface area contributed by atoms with Gasteiger partial charge in [0.15, 0.2) is 11.4 Å². The highest BCUT2D eigenvalue weighted by atomic mass is 16.5. The standard InChI is InChI=1S/C22H16N4O3/c1-28-18-6-3-11-26-21(18)25-20(19(22(26)27)17-7-4-12-29-17)24-15-8-9-16-14(13-15)5-2-10-23-16/h2-13,24H,1H3. The molecule has 0 bridgehead atoms. The van der Waals surface area contributed by atoms with Crippen LogP contribution in [-0.4, -0.2) is 21.5 Å². The van der Waals surface area contributed by atoms with E-state index < -0.39 is 0 Å². The summed E-state index contributed by atoms with van der Waals surface area (Å²) in [6.07, 6.45) is 4.94. The Morgan fingerprint density at radius 3 is 2.86 bits per heavy atom. The van der Waals surface area contributed by atoms with Crippen LogP contribution in [0.15, 0.2) is 82.5 Å². The number of pyridine rings is 2. The van der Waals surface area contributed by atoms with E-state index in [1.54, 1.807) is 43.8 Å². The van der Waals surface area contributed by atoms with Gasteiger partial charge in [-0.3, -0.25) is 14.2 Å². The first-order valence-corrected chi connectivity index (χ1v) is 8.99. The zero-order valence-electron chi connectivity index (χ0n) is 15.5. The number of hydrogen-bond donors (Lipinski definition) is 1. The zero-order chi connectivity index (χ0) is 19.8. The van der Waals surface area contributed by atoms with Gasteiger partial charge in [0.05, 0.1) is 18.9 Å². The van der Waals surface area contributed by atoms with E-state index in [0.29, 0.717) is 28.5 Å². The number of furan rings is 1. The molecule has 0 aliphatic carbocycles. The Bertz CT molecular complexity index is 1390. The van der Waals surface area contributed by atoms with Gasteiger partial charge in [-0.2, -0.15) is 0 Å². The Hall–Kier alpha value is -4.13. The van der Waals surface area contributed by atoms with E-state index in [1.165, 1.54) is 10.7 Å². The van der Waals surface area contributed by atoms with E-state index in [1.807, 2.05) is 30.3 Å². The van der Waals surface area contributed by atoms with Crippen LogP contribution < -0.4 is 15.6 Å². The molecule has 1 N–H and O–H groups in total. The van der Waals surface area contributed by atoms with Crippen molar-refractivity contribution in [1.82, 2.24) is 14.4 Å². The lowest BCUT2D eigenvalue weighted by Gasteiger charge is -2.13. The van der Waals surface area contributed by atoms with E-state index in [2.05, 4.69) is 15.3 Å². The lowest BCUT2D eigenvalue weighted by atomic mass is 10.2. The first kappa shape index (κ1) is 17.0. The summed E-state index contributed by atoms with van der Waals surface area (Å²) in [6.45, 7) is 0. The van der Waals surface area contributed by atoms with Gasteiger partial charge >= 0.3 is 0 Å². The molecular weight excluding hydrogens is 368 g/mol. The minimum absolute atomic E-state index is 0.256. The largest absolute Gasteiger partial charge is 0.493 e. The summed E-state index contributed by atoms with van der Waals surface area (Å²) in [5.41, 5.74) is 2.17. The van der Waals surface area contributed by atoms with Crippen molar-refractivity contribution >= 4 is 28.1 Å². The average Bonchev–Trinajstić information content (AvgIpc) is 3.28. The highest BCUT2D eigenvalue weighted by molar-refractivity contribution is 5.85. The number of benzene rings is 1. The fourth-order valence-electron chi connectivity index (χ4n) is 3.32. The van der Waals surface area contributed by atoms with Crippen molar-refractivity contribution < 1.29 is 9.15 Å². The predicted molar refractivity (Wildman–Crippen MR) is 111 cm³/mol. The first-order valence-electron chi connectivity index (χ1n) is 8.99. The van der Waals surface area contributed by atoms with E-state index >= 15 is 0 Å². The summed E-state index contributed by atoms with van der Waals surface area (Å²) >= 11 is 0. The highest BCUT2D eigenvalue weighted by Gasteiger charge is 2.19. The SMILES string of the molecule is COc1cccn2c(=O)c(-c3ccco3)c(Nc3ccc4ncccc4c3)nc12. The van der Waals surface area contributed by atoms with Gasteiger partial charge in [-0.15, -0.1) is 0 Å². The topological polar surface area (TPSA) is 81.7 Å². The third kappa shape index (κ3) is 2.89. The minimum atomic E-state index is -0.256. The number of ether oxygens (including phenoxy) is 1. The number of aromatic nitrogens is 3. The number of methoxy groups -OCH3 is 1. The molecule has 7 nitrogen and oxygen atoms in total. The number of rotatable bonds is 4. The number of hydrogen-bond acceptors (Lipinski definition) is 6. The Balaban J connectivity index is 1.74. The lowest BCUT2D eigenvalue weighted by molar-refractivity contribution is 0.416. The second kappa shape index (κ2) is 6.79. The Morgan fingerprint density at radius 1 is 1.10 bits per heavy atom. The number of nitrogens with one attached hydrogen (secondary N) is 1. The van der Waals surface area contributed by atoms with Crippen molar-refractivity contribution in [3.05, 3.63) is 83.6 Å². The van der Waals surface area contributed by atoms with Crippen LogP contribution in [0.2, 0.25) is 0 Å². The minimum Gasteiger partial charge on any atom is -0.493 e. The molecule has 0 atom stereocenters. The second-order valence-corrected chi connectivity index (χ2v) is 6.42. The molecule has 0 amide bonds. The molecule has 4 heterocycles. The van der Waals surface area contributed by atoms with Gasteiger partial charge in [0, 0.05) is 23.5 Å². The van der Waals surface area contributed by atoms with E-state index in [-0.39, 0.29) is 5.56 Å². The van der Waals surface area contributed by atoms with Gasteiger partial charge in [0.2, 0.25) is 0 Å². The predicted octanol–water partition coefficient (Wildman–Crippen LogP) is 4.25. The Kier molecular flexibility index (Phi) is 3.98. The first-order chi connectivity index (χ1) is 14.2. The fraction of sp³-hybridized carbons (Fsp3) is 0.0455. The van der Waals surface area contributed by atoms with Crippen LogP contribution in [-0.2, 0) is 0 Å². The molecule has 0 aliphatic heterocycles. The van der Waals surface area contributed by atoms with Crippen LogP contribution in [0.3, 0.4) is 0 Å². The molecule has 29 heavy (non-hydrogen) atoms. The summed E-state index contributed by atoms with van der Waals surface area (Å²) in [6, 6.07) is 16.6. The van der Waals surface area contributed by atoms with Gasteiger partial charge in [-0.25, -0.2) is 4.98 Å². The van der Waals surface area contributed by atoms with E-state index in [4.69, 9.17) is 9.15 Å². The Labute approximate surface area is 165 Å². The molecule has 0 unspecified atom stereocenters. The fourth-order valence-corrected chi connectivity index (χ4v) is 3.32. The van der Waals surface area contributed by atoms with Crippen LogP contribution in [0.4, 0.5) is 11.5 Å². The quantitative estimate of drug-likeness (QED) is 0.499. The summed E-state index contributed by atoms with van der Waals surface area (Å²) in [5.74, 6) is 1.32. The van der Waals surface area contributed by atoms with Crippen LogP contribution >= 0.6 is 0 Å². The summed E-state index contributed by atoms with van der Waals surface area (Å²) in [4.78, 5) is 22.3. The smallest absolute Gasteiger partial charge is 0.271 e. The van der Waals surface area contributed by atoms with Gasteiger partial charge in [0.1, 0.15) is 17.1 Å². The second-order valence-electron chi connectivity index (χ2n) is 6.42. The van der Waals surface area contributed by atoms with E-state index in [9.17, 15) is 4.79 Å². The van der Waals surface area contributed by atoms with Crippen LogP contribution in [0.25, 0.3) is 27.9 Å². The number of fused-ring (bicyclic) bond motifs is 2. The van der Waals surface area contributed by atoms with Crippen LogP contribution in [0.5, 0.6) is 5.75 Å². The van der Waals surface area contributed by atoms with E-state index in [0.717, 1.165) is 16.6 Å². The molecule has 5 rings (SSSR count). The molecule has 0 spiro atoms. The maximum atomic E-state index is 13.3. The van der Waals surface area contributed by atoms with Crippen molar-refractivity contribution in [2.45, 2.75) is 0 Å². The van der Waals surface area contributed by atoms with Crippen LogP contribution in [0.1, 0.15) is 0 Å². The molecule has 142 valence electrons. The molecular formula is C22H16N4O3. The van der Waals surface area contributed by atoms with Gasteiger partial charge in [-0.1, -0.05) is 6.07 Å². The van der Waals surface area contributed by atoms with Crippen molar-refractivity contribution in [1.29, 1.82) is 0 Å². The van der Waals surface area contributed by atoms with Crippen molar-refractivity contribution in [2.24, 2.45) is 0 Å². The lowest BCUT2D eigenvalue weighted by Crippen LogP contribution is -2.19. The molecule has 5 aromatic rings. The summed E-state index contributed by atoms with van der Waals surface area (Å²) in [5, 5.41) is 4.25. The average molecular weight is 384 g/mol. The van der Waals surface area contributed by atoms with Gasteiger partial charge in [-0.05, 0) is 48.5 Å². The molecule has 0 aliphatic rings. The Morgan fingerprint density at radius 2 is 2.03 bits per heavy atom. The molecule has 0 saturated heterocycles. The van der Waals surface area contributed by atoms with Gasteiger partial charge in [0.25, 0.3) is 5.56 Å². The maximum Gasteiger partial charge on any atom is 0.271 e. The summed E-state index contributed by atoms with van der Waals surface area (Å²) < 4.78 is 12.4. The van der Waals surface area contributed by atoms with Crippen molar-refractivity contribution in [3.8, 4) is 17.1 Å². The highest BCUT2D eigenvalue weighted by Crippen LogP contribution is 2.29. The third-order valence-corrected chi connectivity index (χ3v) is 4.67. The zero-order valence-corrected chi connectivity index (χ0v) is 15.5. The van der Waals surface area contributed by atoms with Crippen LogP contribution in [0, 0.1) is 0 Å².